The summed E-state index contributed by atoms with van der Waals surface area (Å²) >= 11 is 0. The lowest BCUT2D eigenvalue weighted by molar-refractivity contribution is 0.101. The van der Waals surface area contributed by atoms with Crippen molar-refractivity contribution in [1.29, 1.82) is 0 Å². The summed E-state index contributed by atoms with van der Waals surface area (Å²) in [5.74, 6) is -0.0515. The molecule has 0 saturated heterocycles. The van der Waals surface area contributed by atoms with Gasteiger partial charge in [-0.25, -0.2) is 0 Å². The topological polar surface area (TPSA) is 94.5 Å². The van der Waals surface area contributed by atoms with Crippen LogP contribution < -0.4 is 20.1 Å². The number of ether oxygens (including phenoxy) is 2. The van der Waals surface area contributed by atoms with E-state index in [4.69, 9.17) is 9.47 Å². The minimum atomic E-state index is -0.364. The van der Waals surface area contributed by atoms with Gasteiger partial charge < -0.3 is 24.7 Å². The Balaban J connectivity index is 1.95. The quantitative estimate of drug-likeness (QED) is 0.669. The molecule has 3 aromatic rings. The van der Waals surface area contributed by atoms with Gasteiger partial charge in [-0.05, 0) is 43.3 Å². The number of rotatable bonds is 6. The molecule has 0 aliphatic rings. The highest BCUT2D eigenvalue weighted by atomic mass is 16.5. The van der Waals surface area contributed by atoms with E-state index in [1.807, 2.05) is 0 Å². The van der Waals surface area contributed by atoms with Gasteiger partial charge in [0.15, 0.2) is 11.5 Å². The summed E-state index contributed by atoms with van der Waals surface area (Å²) in [5.41, 5.74) is 2.38. The van der Waals surface area contributed by atoms with Crippen LogP contribution in [0.4, 0.5) is 11.4 Å². The van der Waals surface area contributed by atoms with E-state index in [2.05, 4.69) is 15.6 Å². The number of nitrogens with zero attached hydrogens (tertiary/aromatic N) is 2. The maximum atomic E-state index is 12.8. The van der Waals surface area contributed by atoms with E-state index in [0.29, 0.717) is 39.8 Å². The Labute approximate surface area is 168 Å². The van der Waals surface area contributed by atoms with Crippen molar-refractivity contribution in [2.75, 3.05) is 24.9 Å². The zero-order valence-electron chi connectivity index (χ0n) is 16.6. The van der Waals surface area contributed by atoms with Crippen LogP contribution in [0, 0.1) is 6.92 Å². The van der Waals surface area contributed by atoms with Gasteiger partial charge in [-0.2, -0.15) is 0 Å². The highest BCUT2D eigenvalue weighted by Crippen LogP contribution is 2.37. The van der Waals surface area contributed by atoms with Crippen molar-refractivity contribution in [2.24, 2.45) is 7.05 Å². The average molecular weight is 394 g/mol. The fourth-order valence-electron chi connectivity index (χ4n) is 2.88. The van der Waals surface area contributed by atoms with Gasteiger partial charge in [0, 0.05) is 25.0 Å². The Hall–Kier alpha value is -3.81. The van der Waals surface area contributed by atoms with Gasteiger partial charge in [-0.15, -0.1) is 0 Å². The van der Waals surface area contributed by atoms with Crippen molar-refractivity contribution in [1.82, 2.24) is 9.55 Å². The van der Waals surface area contributed by atoms with Gasteiger partial charge in [0.25, 0.3) is 11.8 Å². The summed E-state index contributed by atoms with van der Waals surface area (Å²) in [6.45, 7) is 1.80. The molecule has 0 radical (unpaired) electrons. The van der Waals surface area contributed by atoms with E-state index in [1.165, 1.54) is 14.2 Å². The molecule has 29 heavy (non-hydrogen) atoms. The van der Waals surface area contributed by atoms with Crippen LogP contribution in [0.2, 0.25) is 0 Å². The van der Waals surface area contributed by atoms with Crippen LogP contribution in [-0.2, 0) is 7.05 Å². The summed E-state index contributed by atoms with van der Waals surface area (Å²) in [4.78, 5) is 29.6. The number of hydrogen-bond acceptors (Lipinski definition) is 5. The molecule has 1 aromatic carbocycles. The van der Waals surface area contributed by atoms with Crippen molar-refractivity contribution in [2.45, 2.75) is 6.92 Å². The fourth-order valence-corrected chi connectivity index (χ4v) is 2.88. The number of nitrogens with one attached hydrogen (secondary N) is 2. The first-order valence-electron chi connectivity index (χ1n) is 8.86. The molecule has 0 atom stereocenters. The van der Waals surface area contributed by atoms with E-state index >= 15 is 0 Å². The number of amides is 2. The molecule has 0 aliphatic heterocycles. The van der Waals surface area contributed by atoms with E-state index in [9.17, 15) is 9.59 Å². The predicted octanol–water partition coefficient (Wildman–Crippen LogP) is 3.25. The lowest BCUT2D eigenvalue weighted by Gasteiger charge is -2.16. The monoisotopic (exact) mass is 394 g/mol. The predicted molar refractivity (Wildman–Crippen MR) is 110 cm³/mol. The molecule has 3 rings (SSSR count). The molecule has 2 aromatic heterocycles. The molecular weight excluding hydrogens is 372 g/mol. The van der Waals surface area contributed by atoms with Crippen LogP contribution in [-0.4, -0.2) is 35.6 Å². The summed E-state index contributed by atoms with van der Waals surface area (Å²) in [6, 6.07) is 10.1. The number of aryl methyl sites for hydroxylation is 2. The van der Waals surface area contributed by atoms with Crippen LogP contribution in [0.25, 0.3) is 0 Å². The van der Waals surface area contributed by atoms with Crippen molar-refractivity contribution in [3.8, 4) is 11.5 Å². The van der Waals surface area contributed by atoms with Crippen LogP contribution in [0.5, 0.6) is 11.5 Å². The average Bonchev–Trinajstić information content (AvgIpc) is 3.15. The van der Waals surface area contributed by atoms with Crippen molar-refractivity contribution in [3.63, 3.8) is 0 Å². The van der Waals surface area contributed by atoms with Crippen LogP contribution in [0.3, 0.4) is 0 Å². The highest BCUT2D eigenvalue weighted by molar-refractivity contribution is 6.08. The summed E-state index contributed by atoms with van der Waals surface area (Å²) in [7, 11) is 4.70. The zero-order valence-corrected chi connectivity index (χ0v) is 16.6. The van der Waals surface area contributed by atoms with Gasteiger partial charge in [0.2, 0.25) is 0 Å². The maximum Gasteiger partial charge on any atom is 0.272 e. The highest BCUT2D eigenvalue weighted by Gasteiger charge is 2.20. The number of anilines is 2. The minimum absolute atomic E-state index is 0.299. The lowest BCUT2D eigenvalue weighted by atomic mass is 10.1. The Morgan fingerprint density at radius 3 is 2.38 bits per heavy atom. The van der Waals surface area contributed by atoms with E-state index in [1.54, 1.807) is 67.3 Å². The summed E-state index contributed by atoms with van der Waals surface area (Å²) < 4.78 is 12.5. The Morgan fingerprint density at radius 2 is 1.76 bits per heavy atom. The van der Waals surface area contributed by atoms with Gasteiger partial charge in [-0.1, -0.05) is 0 Å². The van der Waals surface area contributed by atoms with E-state index < -0.39 is 0 Å². The second kappa shape index (κ2) is 8.47. The summed E-state index contributed by atoms with van der Waals surface area (Å²) in [5, 5.41) is 5.61. The van der Waals surface area contributed by atoms with Crippen molar-refractivity contribution >= 4 is 23.2 Å². The first-order chi connectivity index (χ1) is 13.9. The second-order valence-corrected chi connectivity index (χ2v) is 6.31. The second-order valence-electron chi connectivity index (χ2n) is 6.31. The van der Waals surface area contributed by atoms with E-state index in [-0.39, 0.29) is 11.8 Å². The van der Waals surface area contributed by atoms with Gasteiger partial charge in [0.1, 0.15) is 5.69 Å². The first-order valence-corrected chi connectivity index (χ1v) is 8.86. The number of carbonyl (C=O) groups excluding carboxylic acids is 2. The Bertz CT molecular complexity index is 1060. The fraction of sp³-hybridized carbons (Fsp3) is 0.190. The molecule has 0 aliphatic carbocycles. The number of carbonyl (C=O) groups is 2. The maximum absolute atomic E-state index is 12.8. The molecular formula is C21H22N4O4. The molecule has 8 nitrogen and oxygen atoms in total. The molecule has 2 heterocycles. The molecule has 8 heteroatoms. The van der Waals surface area contributed by atoms with Crippen LogP contribution in [0.1, 0.15) is 26.5 Å². The standard InChI is InChI=1S/C21H22N4O4/c1-13-15(7-5-9-22-13)23-20(26)14-11-16(19(29-4)18(12-14)28-3)24-21(27)17-8-6-10-25(17)2/h5-12H,1-4H3,(H,23,26)(H,24,27). The SMILES string of the molecule is COc1cc(C(=O)Nc2cccnc2C)cc(NC(=O)c2cccn2C)c1OC. The molecule has 0 saturated carbocycles. The molecule has 0 unspecified atom stereocenters. The van der Waals surface area contributed by atoms with Crippen molar-refractivity contribution in [3.05, 3.63) is 65.7 Å². The third kappa shape index (κ3) is 4.21. The molecule has 0 bridgehead atoms. The minimum Gasteiger partial charge on any atom is -0.493 e. The van der Waals surface area contributed by atoms with Gasteiger partial charge >= 0.3 is 0 Å². The third-order valence-corrected chi connectivity index (χ3v) is 4.42. The molecule has 150 valence electrons. The van der Waals surface area contributed by atoms with Gasteiger partial charge in [0.05, 0.1) is 31.3 Å². The Morgan fingerprint density at radius 1 is 1.00 bits per heavy atom. The third-order valence-electron chi connectivity index (χ3n) is 4.42. The zero-order chi connectivity index (χ0) is 21.0. The largest absolute Gasteiger partial charge is 0.493 e. The summed E-state index contributed by atoms with van der Waals surface area (Å²) in [6.07, 6.45) is 3.42. The number of methoxy groups -OCH3 is 2. The lowest BCUT2D eigenvalue weighted by Crippen LogP contribution is -2.18. The normalized spacial score (nSPS) is 10.3. The van der Waals surface area contributed by atoms with Crippen LogP contribution in [0.15, 0.2) is 48.8 Å². The van der Waals surface area contributed by atoms with Gasteiger partial charge in [-0.3, -0.25) is 14.6 Å². The number of pyridine rings is 1. The Kier molecular flexibility index (Phi) is 5.82. The number of aromatic nitrogens is 2. The smallest absolute Gasteiger partial charge is 0.272 e. The number of benzene rings is 1. The first kappa shape index (κ1) is 19.9. The molecule has 0 fully saturated rings. The number of hydrogen-bond donors (Lipinski definition) is 2. The molecule has 2 amide bonds. The molecule has 2 N–H and O–H groups in total. The van der Waals surface area contributed by atoms with E-state index in [0.717, 1.165) is 0 Å². The van der Waals surface area contributed by atoms with Crippen molar-refractivity contribution < 1.29 is 19.1 Å². The van der Waals surface area contributed by atoms with Crippen LogP contribution >= 0.6 is 0 Å². The molecule has 0 spiro atoms.